The van der Waals surface area contributed by atoms with Crippen molar-refractivity contribution >= 4 is 5.82 Å². The number of rotatable bonds is 4. The Balaban J connectivity index is 1.86. The molecule has 1 N–H and O–H groups in total. The lowest BCUT2D eigenvalue weighted by atomic mass is 10.2. The predicted molar refractivity (Wildman–Crippen MR) is 88.3 cm³/mol. The molecule has 4 nitrogen and oxygen atoms in total. The first-order chi connectivity index (χ1) is 10.7. The first kappa shape index (κ1) is 14.1. The van der Waals surface area contributed by atoms with E-state index in [0.29, 0.717) is 12.4 Å². The minimum Gasteiger partial charge on any atom is -0.361 e. The van der Waals surface area contributed by atoms with Crippen molar-refractivity contribution in [2.75, 3.05) is 5.32 Å². The van der Waals surface area contributed by atoms with Gasteiger partial charge in [0.25, 0.3) is 5.56 Å². The van der Waals surface area contributed by atoms with Crippen molar-refractivity contribution in [3.63, 3.8) is 0 Å². The molecular formula is C18H17N3O. The standard InChI is InChI=1S/C18H17N3O/c1-14-7-9-16(10-8-14)21-12-11-19-17(18(21)22)20-13-15-5-3-2-4-6-15/h2-12H,13H2,1H3,(H,19,20). The van der Waals surface area contributed by atoms with Crippen molar-refractivity contribution in [2.24, 2.45) is 0 Å². The maximum absolute atomic E-state index is 12.5. The Morgan fingerprint density at radius 2 is 1.77 bits per heavy atom. The maximum Gasteiger partial charge on any atom is 0.297 e. The Morgan fingerprint density at radius 3 is 2.50 bits per heavy atom. The van der Waals surface area contributed by atoms with Gasteiger partial charge < -0.3 is 5.32 Å². The number of anilines is 1. The third-order valence-corrected chi connectivity index (χ3v) is 3.46. The molecule has 0 radical (unpaired) electrons. The summed E-state index contributed by atoms with van der Waals surface area (Å²) in [5.41, 5.74) is 2.95. The van der Waals surface area contributed by atoms with Crippen LogP contribution < -0.4 is 10.9 Å². The summed E-state index contributed by atoms with van der Waals surface area (Å²) in [5, 5.41) is 3.11. The summed E-state index contributed by atoms with van der Waals surface area (Å²) in [4.78, 5) is 16.7. The van der Waals surface area contributed by atoms with Gasteiger partial charge in [-0.15, -0.1) is 0 Å². The first-order valence-corrected chi connectivity index (χ1v) is 7.16. The lowest BCUT2D eigenvalue weighted by Crippen LogP contribution is -2.23. The van der Waals surface area contributed by atoms with Gasteiger partial charge in [0.05, 0.1) is 0 Å². The lowest BCUT2D eigenvalue weighted by molar-refractivity contribution is 0.944. The monoisotopic (exact) mass is 291 g/mol. The number of nitrogens with one attached hydrogen (secondary N) is 1. The zero-order valence-corrected chi connectivity index (χ0v) is 12.4. The van der Waals surface area contributed by atoms with Crippen molar-refractivity contribution in [3.05, 3.63) is 88.5 Å². The summed E-state index contributed by atoms with van der Waals surface area (Å²) in [5.74, 6) is 0.354. The number of aromatic nitrogens is 2. The van der Waals surface area contributed by atoms with Crippen molar-refractivity contribution in [1.82, 2.24) is 9.55 Å². The van der Waals surface area contributed by atoms with Gasteiger partial charge in [-0.25, -0.2) is 4.98 Å². The second-order valence-electron chi connectivity index (χ2n) is 5.13. The van der Waals surface area contributed by atoms with E-state index in [1.165, 1.54) is 0 Å². The third-order valence-electron chi connectivity index (χ3n) is 3.46. The molecule has 0 saturated heterocycles. The Morgan fingerprint density at radius 1 is 1.05 bits per heavy atom. The molecular weight excluding hydrogens is 274 g/mol. The average molecular weight is 291 g/mol. The van der Waals surface area contributed by atoms with Crippen LogP contribution >= 0.6 is 0 Å². The topological polar surface area (TPSA) is 46.9 Å². The van der Waals surface area contributed by atoms with Crippen LogP contribution in [0.4, 0.5) is 5.82 Å². The molecule has 22 heavy (non-hydrogen) atoms. The number of hydrogen-bond donors (Lipinski definition) is 1. The summed E-state index contributed by atoms with van der Waals surface area (Å²) in [6, 6.07) is 17.8. The zero-order valence-electron chi connectivity index (χ0n) is 12.4. The van der Waals surface area contributed by atoms with Crippen LogP contribution in [0.25, 0.3) is 5.69 Å². The van der Waals surface area contributed by atoms with Crippen LogP contribution in [0, 0.1) is 6.92 Å². The summed E-state index contributed by atoms with van der Waals surface area (Å²) >= 11 is 0. The van der Waals surface area contributed by atoms with Crippen LogP contribution in [0.2, 0.25) is 0 Å². The Kier molecular flexibility index (Phi) is 4.01. The molecule has 0 aliphatic rings. The molecule has 1 aromatic heterocycles. The molecule has 0 fully saturated rings. The Bertz CT molecular complexity index is 808. The van der Waals surface area contributed by atoms with Gasteiger partial charge in [0.2, 0.25) is 0 Å². The average Bonchev–Trinajstić information content (AvgIpc) is 2.56. The minimum atomic E-state index is -0.151. The Labute approximate surface area is 129 Å². The molecule has 2 aromatic carbocycles. The van der Waals surface area contributed by atoms with Gasteiger partial charge in [0.15, 0.2) is 5.82 Å². The van der Waals surface area contributed by atoms with Crippen molar-refractivity contribution in [3.8, 4) is 5.69 Å². The lowest BCUT2D eigenvalue weighted by Gasteiger charge is -2.09. The first-order valence-electron chi connectivity index (χ1n) is 7.16. The second-order valence-corrected chi connectivity index (χ2v) is 5.13. The quantitative estimate of drug-likeness (QED) is 0.803. The highest BCUT2D eigenvalue weighted by Gasteiger charge is 2.06. The molecule has 0 aliphatic carbocycles. The van der Waals surface area contributed by atoms with Crippen molar-refractivity contribution in [2.45, 2.75) is 13.5 Å². The highest BCUT2D eigenvalue weighted by Crippen LogP contribution is 2.08. The molecule has 3 rings (SSSR count). The number of aryl methyl sites for hydroxylation is 1. The molecule has 0 amide bonds. The van der Waals surface area contributed by atoms with E-state index in [-0.39, 0.29) is 5.56 Å². The van der Waals surface area contributed by atoms with E-state index in [1.807, 2.05) is 61.5 Å². The smallest absolute Gasteiger partial charge is 0.297 e. The number of nitrogens with zero attached hydrogens (tertiary/aromatic N) is 2. The zero-order chi connectivity index (χ0) is 15.4. The molecule has 0 aliphatic heterocycles. The van der Waals surface area contributed by atoms with E-state index in [1.54, 1.807) is 17.0 Å². The van der Waals surface area contributed by atoms with Crippen molar-refractivity contribution in [1.29, 1.82) is 0 Å². The van der Waals surface area contributed by atoms with Gasteiger partial charge >= 0.3 is 0 Å². The van der Waals surface area contributed by atoms with Crippen LogP contribution in [-0.4, -0.2) is 9.55 Å². The van der Waals surface area contributed by atoms with Gasteiger partial charge in [-0.1, -0.05) is 48.0 Å². The second kappa shape index (κ2) is 6.26. The van der Waals surface area contributed by atoms with E-state index in [2.05, 4.69) is 10.3 Å². The maximum atomic E-state index is 12.5. The summed E-state index contributed by atoms with van der Waals surface area (Å²) in [6.07, 6.45) is 3.31. The Hall–Kier alpha value is -2.88. The van der Waals surface area contributed by atoms with Crippen LogP contribution in [0.1, 0.15) is 11.1 Å². The van der Waals surface area contributed by atoms with Gasteiger partial charge in [-0.2, -0.15) is 0 Å². The molecule has 1 heterocycles. The van der Waals surface area contributed by atoms with Crippen LogP contribution in [-0.2, 0) is 6.54 Å². The normalized spacial score (nSPS) is 10.4. The molecule has 0 atom stereocenters. The molecule has 0 bridgehead atoms. The number of benzene rings is 2. The molecule has 0 saturated carbocycles. The van der Waals surface area contributed by atoms with E-state index in [4.69, 9.17) is 0 Å². The SMILES string of the molecule is Cc1ccc(-n2ccnc(NCc3ccccc3)c2=O)cc1. The van der Waals surface area contributed by atoms with Crippen LogP contribution in [0.15, 0.2) is 71.8 Å². The van der Waals surface area contributed by atoms with E-state index in [0.717, 1.165) is 16.8 Å². The minimum absolute atomic E-state index is 0.151. The predicted octanol–water partition coefficient (Wildman–Crippen LogP) is 3.15. The number of hydrogen-bond acceptors (Lipinski definition) is 3. The largest absolute Gasteiger partial charge is 0.361 e. The van der Waals surface area contributed by atoms with Gasteiger partial charge in [-0.05, 0) is 24.6 Å². The van der Waals surface area contributed by atoms with E-state index < -0.39 is 0 Å². The van der Waals surface area contributed by atoms with Crippen LogP contribution in [0.3, 0.4) is 0 Å². The highest BCUT2D eigenvalue weighted by atomic mass is 16.1. The summed E-state index contributed by atoms with van der Waals surface area (Å²) in [7, 11) is 0. The molecule has 0 unspecified atom stereocenters. The van der Waals surface area contributed by atoms with Gasteiger partial charge in [0, 0.05) is 24.6 Å². The van der Waals surface area contributed by atoms with E-state index >= 15 is 0 Å². The molecule has 4 heteroatoms. The fraction of sp³-hybridized carbons (Fsp3) is 0.111. The van der Waals surface area contributed by atoms with Gasteiger partial charge in [0.1, 0.15) is 0 Å². The fourth-order valence-electron chi connectivity index (χ4n) is 2.22. The van der Waals surface area contributed by atoms with E-state index in [9.17, 15) is 4.79 Å². The molecule has 110 valence electrons. The molecule has 3 aromatic rings. The van der Waals surface area contributed by atoms with Crippen molar-refractivity contribution < 1.29 is 0 Å². The fourth-order valence-corrected chi connectivity index (χ4v) is 2.22. The molecule has 0 spiro atoms. The van der Waals surface area contributed by atoms with Gasteiger partial charge in [-0.3, -0.25) is 9.36 Å². The summed E-state index contributed by atoms with van der Waals surface area (Å²) in [6.45, 7) is 2.59. The highest BCUT2D eigenvalue weighted by molar-refractivity contribution is 5.39. The summed E-state index contributed by atoms with van der Waals surface area (Å²) < 4.78 is 1.60. The third kappa shape index (κ3) is 3.06. The van der Waals surface area contributed by atoms with Crippen LogP contribution in [0.5, 0.6) is 0 Å².